The summed E-state index contributed by atoms with van der Waals surface area (Å²) < 4.78 is 4.50. The quantitative estimate of drug-likeness (QED) is 0.0983. The Bertz CT molecular complexity index is 1360. The highest BCUT2D eigenvalue weighted by molar-refractivity contribution is 9.11. The monoisotopic (exact) mass is 860 g/mol. The molecule has 0 amide bonds. The first kappa shape index (κ1) is 37.0. The summed E-state index contributed by atoms with van der Waals surface area (Å²) in [5.74, 6) is 1.57. The van der Waals surface area contributed by atoms with Gasteiger partial charge in [0.15, 0.2) is 0 Å². The molecule has 44 heavy (non-hydrogen) atoms. The maximum atomic E-state index is 5.90. The van der Waals surface area contributed by atoms with E-state index in [9.17, 15) is 0 Å². The topological polar surface area (TPSA) is 0 Å². The van der Waals surface area contributed by atoms with Crippen LogP contribution < -0.4 is 0 Å². The summed E-state index contributed by atoms with van der Waals surface area (Å²) in [6, 6.07) is 34.5. The zero-order valence-corrected chi connectivity index (χ0v) is 32.8. The lowest BCUT2D eigenvalue weighted by Crippen LogP contribution is -2.26. The van der Waals surface area contributed by atoms with Crippen molar-refractivity contribution in [1.29, 1.82) is 0 Å². The van der Waals surface area contributed by atoms with Crippen molar-refractivity contribution in [3.8, 4) is 0 Å². The molecule has 0 fully saturated rings. The molecule has 0 aliphatic heterocycles. The van der Waals surface area contributed by atoms with Crippen molar-refractivity contribution in [3.63, 3.8) is 0 Å². The first-order chi connectivity index (χ1) is 21.0. The molecule has 4 aromatic rings. The van der Waals surface area contributed by atoms with Gasteiger partial charge < -0.3 is 0 Å². The smallest absolute Gasteiger partial charge is 0.0406 e. The van der Waals surface area contributed by atoms with E-state index in [0.29, 0.717) is 17.7 Å². The van der Waals surface area contributed by atoms with Crippen molar-refractivity contribution in [2.45, 2.75) is 46.5 Å². The van der Waals surface area contributed by atoms with E-state index in [2.05, 4.69) is 200 Å². The number of hydrogen-bond donors (Lipinski definition) is 0. The van der Waals surface area contributed by atoms with Crippen LogP contribution >= 0.6 is 75.3 Å². The molecule has 4 rings (SSSR count). The van der Waals surface area contributed by atoms with Gasteiger partial charge in [0, 0.05) is 23.8 Å². The molecule has 0 bridgehead atoms. The van der Waals surface area contributed by atoms with Crippen LogP contribution in [0.1, 0.15) is 43.0 Å². The highest BCUT2D eigenvalue weighted by atomic mass is 79.9. The maximum Gasteiger partial charge on any atom is 0.0406 e. The van der Waals surface area contributed by atoms with E-state index in [0.717, 1.165) is 43.6 Å². The molecule has 0 unspecified atom stereocenters. The van der Waals surface area contributed by atoms with Gasteiger partial charge in [0.2, 0.25) is 0 Å². The van der Waals surface area contributed by atoms with Gasteiger partial charge in [-0.3, -0.25) is 0 Å². The van der Waals surface area contributed by atoms with Gasteiger partial charge in [-0.05, 0) is 121 Å². The van der Waals surface area contributed by atoms with E-state index < -0.39 is 0 Å². The average Bonchev–Trinajstić information content (AvgIpc) is 3.01. The second-order valence-corrected chi connectivity index (χ2v) is 15.8. The van der Waals surface area contributed by atoms with Gasteiger partial charge in [-0.1, -0.05) is 144 Å². The highest BCUT2D eigenvalue weighted by Gasteiger charge is 2.27. The molecule has 0 spiro atoms. The van der Waals surface area contributed by atoms with Crippen molar-refractivity contribution in [1.82, 2.24) is 0 Å². The number of allylic oxidation sites excluding steroid dienone is 3. The normalized spacial score (nSPS) is 11.8. The van der Waals surface area contributed by atoms with Crippen LogP contribution in [-0.4, -0.2) is 5.88 Å². The molecule has 0 N–H and O–H groups in total. The summed E-state index contributed by atoms with van der Waals surface area (Å²) in [5, 5.41) is 0. The Labute approximate surface area is 303 Å². The van der Waals surface area contributed by atoms with Gasteiger partial charge in [0.25, 0.3) is 0 Å². The van der Waals surface area contributed by atoms with Crippen LogP contribution in [0, 0.1) is 17.3 Å². The van der Waals surface area contributed by atoms with Crippen LogP contribution in [0.5, 0.6) is 0 Å². The summed E-state index contributed by atoms with van der Waals surface area (Å²) in [6.07, 6.45) is 8.40. The Morgan fingerprint density at radius 2 is 0.909 bits per heavy atom. The van der Waals surface area contributed by atoms with E-state index in [1.165, 1.54) is 27.8 Å². The van der Waals surface area contributed by atoms with Crippen LogP contribution in [0.25, 0.3) is 0 Å². The number of hydrogen-bond acceptors (Lipinski definition) is 0. The molecule has 232 valence electrons. The Kier molecular flexibility index (Phi) is 15.7. The number of rotatable bonds is 12. The number of halogens is 5. The molecule has 0 atom stereocenters. The van der Waals surface area contributed by atoms with Crippen LogP contribution in [0.15, 0.2) is 139 Å². The van der Waals surface area contributed by atoms with Crippen molar-refractivity contribution in [2.75, 3.05) is 5.88 Å². The largest absolute Gasteiger partial charge is 0.122 e. The van der Waals surface area contributed by atoms with Crippen LogP contribution in [0.4, 0.5) is 0 Å². The summed E-state index contributed by atoms with van der Waals surface area (Å²) >= 11 is 19.9. The summed E-state index contributed by atoms with van der Waals surface area (Å²) in [4.78, 5) is 0. The third-order valence-corrected chi connectivity index (χ3v) is 10.5. The van der Waals surface area contributed by atoms with Crippen LogP contribution in [0.2, 0.25) is 0 Å². The summed E-state index contributed by atoms with van der Waals surface area (Å²) in [6.45, 7) is 10.8. The average molecular weight is 865 g/mol. The zero-order chi connectivity index (χ0) is 32.1. The molecular formula is C39H41Br4Cl. The van der Waals surface area contributed by atoms with Crippen molar-refractivity contribution < 1.29 is 0 Å². The molecule has 0 heterocycles. The van der Waals surface area contributed by atoms with Gasteiger partial charge in [0.1, 0.15) is 0 Å². The molecule has 0 aliphatic carbocycles. The summed E-state index contributed by atoms with van der Waals surface area (Å²) in [7, 11) is 0. The van der Waals surface area contributed by atoms with Crippen LogP contribution in [-0.2, 0) is 25.7 Å². The standard InChI is InChI=1S/C20H22Br2.C19H19Br2Cl/c1-4-20(2,3)17(13-15-5-9-18(21)10-6-15)14-16-7-11-19(22)12-8-16;1-14(10-11-22)17(12-15-2-6-18(20)7-3-15)13-16-4-8-19(21)9-5-16/h4-12,17H,1,13-14H2,2-3H3;2-10,17H,11-13H2,1H3. The van der Waals surface area contributed by atoms with Gasteiger partial charge in [0.05, 0.1) is 0 Å². The molecule has 0 nitrogen and oxygen atoms in total. The molecule has 4 aromatic carbocycles. The Hall–Kier alpha value is -1.43. The highest BCUT2D eigenvalue weighted by Crippen LogP contribution is 2.34. The molecular weight excluding hydrogens is 823 g/mol. The molecule has 0 radical (unpaired) electrons. The van der Waals surface area contributed by atoms with Gasteiger partial charge in [-0.2, -0.15) is 0 Å². The summed E-state index contributed by atoms with van der Waals surface area (Å²) in [5.41, 5.74) is 6.92. The fraction of sp³-hybridized carbons (Fsp3) is 0.282. The number of alkyl halides is 1. The third-order valence-electron chi connectivity index (χ3n) is 8.20. The van der Waals surface area contributed by atoms with E-state index >= 15 is 0 Å². The second kappa shape index (κ2) is 18.6. The lowest BCUT2D eigenvalue weighted by Gasteiger charge is -2.32. The van der Waals surface area contributed by atoms with Crippen LogP contribution in [0.3, 0.4) is 0 Å². The fourth-order valence-corrected chi connectivity index (χ4v) is 6.37. The minimum Gasteiger partial charge on any atom is -0.122 e. The lowest BCUT2D eigenvalue weighted by atomic mass is 9.73. The minimum absolute atomic E-state index is 0.0974. The molecule has 0 aromatic heterocycles. The lowest BCUT2D eigenvalue weighted by molar-refractivity contribution is 0.279. The first-order valence-corrected chi connectivity index (χ1v) is 18.5. The second-order valence-electron chi connectivity index (χ2n) is 11.8. The SMILES string of the molecule is C=CC(C)(C)C(Cc1ccc(Br)cc1)Cc1ccc(Br)cc1.CC(=CCCl)C(Cc1ccc(Br)cc1)Cc1ccc(Br)cc1. The molecule has 0 aliphatic rings. The van der Waals surface area contributed by atoms with E-state index in [1.807, 2.05) is 0 Å². The van der Waals surface area contributed by atoms with E-state index in [4.69, 9.17) is 11.6 Å². The van der Waals surface area contributed by atoms with Gasteiger partial charge in [-0.15, -0.1) is 18.2 Å². The van der Waals surface area contributed by atoms with E-state index in [-0.39, 0.29) is 5.41 Å². The molecule has 0 saturated carbocycles. The van der Waals surface area contributed by atoms with Crippen molar-refractivity contribution >= 4 is 75.3 Å². The zero-order valence-electron chi connectivity index (χ0n) is 25.7. The van der Waals surface area contributed by atoms with Gasteiger partial charge >= 0.3 is 0 Å². The van der Waals surface area contributed by atoms with Gasteiger partial charge in [-0.25, -0.2) is 0 Å². The van der Waals surface area contributed by atoms with Crippen molar-refractivity contribution in [2.24, 2.45) is 17.3 Å². The Morgan fingerprint density at radius 1 is 0.614 bits per heavy atom. The third kappa shape index (κ3) is 12.8. The Balaban J connectivity index is 0.000000240. The van der Waals surface area contributed by atoms with Crippen molar-refractivity contribution in [3.05, 3.63) is 162 Å². The maximum absolute atomic E-state index is 5.90. The van der Waals surface area contributed by atoms with E-state index in [1.54, 1.807) is 0 Å². The predicted molar refractivity (Wildman–Crippen MR) is 207 cm³/mol. The number of benzene rings is 4. The minimum atomic E-state index is 0.0974. The Morgan fingerprint density at radius 3 is 1.18 bits per heavy atom. The molecule has 0 saturated heterocycles. The molecule has 5 heteroatoms. The fourth-order valence-electron chi connectivity index (χ4n) is 5.07. The first-order valence-electron chi connectivity index (χ1n) is 14.8. The predicted octanol–water partition coefficient (Wildman–Crippen LogP) is 13.6.